The second-order valence-corrected chi connectivity index (χ2v) is 12.1. The van der Waals surface area contributed by atoms with Gasteiger partial charge in [-0.3, -0.25) is 14.4 Å². The van der Waals surface area contributed by atoms with Gasteiger partial charge in [0.25, 0.3) is 15.9 Å². The van der Waals surface area contributed by atoms with E-state index in [9.17, 15) is 13.2 Å². The molecule has 0 spiro atoms. The van der Waals surface area contributed by atoms with Gasteiger partial charge in [0.05, 0.1) is 17.1 Å². The number of sulfonamides is 1. The number of ether oxygens (including phenoxy) is 1. The fraction of sp³-hybridized carbons (Fsp3) is 0.160. The highest BCUT2D eigenvalue weighted by atomic mass is 32.2. The summed E-state index contributed by atoms with van der Waals surface area (Å²) in [6.07, 6.45) is -1.07. The lowest BCUT2D eigenvalue weighted by Gasteiger charge is -2.34. The van der Waals surface area contributed by atoms with Gasteiger partial charge in [0.2, 0.25) is 5.13 Å². The SMILES string of the molecule is Cc1ccc(S(=O)(=O)N2CC(C(=O)Nc3nnc(SCc4ccccc4)s3)Oc3ccccc32)cc1. The third-order valence-electron chi connectivity index (χ3n) is 5.48. The molecule has 1 aromatic heterocycles. The molecule has 0 radical (unpaired) electrons. The van der Waals surface area contributed by atoms with Gasteiger partial charge in [0.15, 0.2) is 10.4 Å². The Morgan fingerprint density at radius 1 is 1.06 bits per heavy atom. The van der Waals surface area contributed by atoms with Gasteiger partial charge in [-0.15, -0.1) is 10.2 Å². The second-order valence-electron chi connectivity index (χ2n) is 8.06. The summed E-state index contributed by atoms with van der Waals surface area (Å²) in [6, 6.07) is 23.4. The van der Waals surface area contributed by atoms with Crippen molar-refractivity contribution in [3.05, 3.63) is 90.0 Å². The first kappa shape index (κ1) is 24.3. The van der Waals surface area contributed by atoms with Crippen LogP contribution in [0.25, 0.3) is 0 Å². The molecular weight excluding hydrogens is 517 g/mol. The minimum absolute atomic E-state index is 0.146. The van der Waals surface area contributed by atoms with E-state index in [0.29, 0.717) is 20.9 Å². The van der Waals surface area contributed by atoms with Crippen LogP contribution in [0, 0.1) is 6.92 Å². The maximum atomic E-state index is 13.5. The molecule has 1 aliphatic heterocycles. The molecule has 8 nitrogen and oxygen atoms in total. The highest BCUT2D eigenvalue weighted by molar-refractivity contribution is 8.00. The largest absolute Gasteiger partial charge is 0.476 e. The van der Waals surface area contributed by atoms with E-state index >= 15 is 0 Å². The number of hydrogen-bond donors (Lipinski definition) is 1. The number of fused-ring (bicyclic) bond motifs is 1. The Kier molecular flexibility index (Phi) is 6.95. The van der Waals surface area contributed by atoms with E-state index in [1.54, 1.807) is 48.5 Å². The van der Waals surface area contributed by atoms with E-state index in [0.717, 1.165) is 16.9 Å². The Labute approximate surface area is 217 Å². The smallest absolute Gasteiger partial charge is 0.269 e. The topological polar surface area (TPSA) is 101 Å². The van der Waals surface area contributed by atoms with Crippen molar-refractivity contribution < 1.29 is 17.9 Å². The first-order valence-corrected chi connectivity index (χ1v) is 14.3. The van der Waals surface area contributed by atoms with Gasteiger partial charge in [-0.05, 0) is 36.8 Å². The number of para-hydroxylation sites is 2. The number of aromatic nitrogens is 2. The summed E-state index contributed by atoms with van der Waals surface area (Å²) in [4.78, 5) is 13.2. The van der Waals surface area contributed by atoms with Crippen molar-refractivity contribution in [1.82, 2.24) is 10.2 Å². The molecule has 0 saturated carbocycles. The van der Waals surface area contributed by atoms with Crippen molar-refractivity contribution in [2.24, 2.45) is 0 Å². The first-order chi connectivity index (χ1) is 17.4. The normalized spacial score (nSPS) is 15.1. The van der Waals surface area contributed by atoms with E-state index in [4.69, 9.17) is 4.74 Å². The van der Waals surface area contributed by atoms with E-state index in [2.05, 4.69) is 15.5 Å². The lowest BCUT2D eigenvalue weighted by atomic mass is 10.2. The molecule has 1 N–H and O–H groups in total. The molecule has 1 atom stereocenters. The van der Waals surface area contributed by atoms with Crippen LogP contribution in [0.4, 0.5) is 10.8 Å². The number of anilines is 2. The molecule has 0 aliphatic carbocycles. The summed E-state index contributed by atoms with van der Waals surface area (Å²) in [5.41, 5.74) is 2.50. The first-order valence-electron chi connectivity index (χ1n) is 11.1. The van der Waals surface area contributed by atoms with Crippen LogP contribution in [0.3, 0.4) is 0 Å². The maximum Gasteiger partial charge on any atom is 0.269 e. The fourth-order valence-electron chi connectivity index (χ4n) is 3.63. The number of hydrogen-bond acceptors (Lipinski definition) is 8. The zero-order valence-corrected chi connectivity index (χ0v) is 21.6. The molecule has 0 saturated heterocycles. The van der Waals surface area contributed by atoms with Crippen LogP contribution < -0.4 is 14.4 Å². The monoisotopic (exact) mass is 538 g/mol. The van der Waals surface area contributed by atoms with Crippen molar-refractivity contribution in [2.45, 2.75) is 28.0 Å². The van der Waals surface area contributed by atoms with Gasteiger partial charge < -0.3 is 4.74 Å². The van der Waals surface area contributed by atoms with Crippen LogP contribution >= 0.6 is 23.1 Å². The van der Waals surface area contributed by atoms with Crippen LogP contribution in [-0.2, 0) is 20.6 Å². The van der Waals surface area contributed by atoms with E-state index in [1.165, 1.54) is 27.4 Å². The summed E-state index contributed by atoms with van der Waals surface area (Å²) in [5.74, 6) is 0.554. The molecule has 184 valence electrons. The summed E-state index contributed by atoms with van der Waals surface area (Å²) in [6.45, 7) is 1.72. The zero-order chi connectivity index (χ0) is 25.1. The Hall–Kier alpha value is -3.41. The standard InChI is InChI=1S/C25H22N4O4S3/c1-17-11-13-19(14-12-17)36(31,32)29-15-22(33-21-10-6-5-9-20(21)29)23(30)26-24-27-28-25(35-24)34-16-18-7-3-2-4-8-18/h2-14,22H,15-16H2,1H3,(H,26,27,30). The van der Waals surface area contributed by atoms with E-state index in [1.807, 2.05) is 37.3 Å². The minimum Gasteiger partial charge on any atom is -0.476 e. The maximum absolute atomic E-state index is 13.5. The third kappa shape index (κ3) is 5.23. The summed E-state index contributed by atoms with van der Waals surface area (Å²) < 4.78 is 34.8. The molecule has 2 heterocycles. The zero-order valence-electron chi connectivity index (χ0n) is 19.2. The highest BCUT2D eigenvalue weighted by Crippen LogP contribution is 2.37. The Bertz CT molecular complexity index is 1470. The molecule has 1 amide bonds. The average Bonchev–Trinajstić information content (AvgIpc) is 3.34. The van der Waals surface area contributed by atoms with Gasteiger partial charge in [-0.2, -0.15) is 0 Å². The predicted octanol–water partition coefficient (Wildman–Crippen LogP) is 4.73. The quantitative estimate of drug-likeness (QED) is 0.268. The summed E-state index contributed by atoms with van der Waals surface area (Å²) in [7, 11) is -3.92. The lowest BCUT2D eigenvalue weighted by molar-refractivity contribution is -0.122. The minimum atomic E-state index is -3.92. The number of benzene rings is 3. The molecule has 0 fully saturated rings. The Morgan fingerprint density at radius 3 is 2.56 bits per heavy atom. The fourth-order valence-corrected chi connectivity index (χ4v) is 6.81. The van der Waals surface area contributed by atoms with E-state index < -0.39 is 22.0 Å². The van der Waals surface area contributed by atoms with Crippen molar-refractivity contribution in [2.75, 3.05) is 16.2 Å². The van der Waals surface area contributed by atoms with Crippen molar-refractivity contribution in [3.63, 3.8) is 0 Å². The van der Waals surface area contributed by atoms with Crippen LogP contribution in [0.1, 0.15) is 11.1 Å². The Morgan fingerprint density at radius 2 is 1.78 bits per heavy atom. The number of thioether (sulfide) groups is 1. The molecule has 11 heteroatoms. The predicted molar refractivity (Wildman–Crippen MR) is 141 cm³/mol. The van der Waals surface area contributed by atoms with Gasteiger partial charge in [-0.1, -0.05) is 83.3 Å². The van der Waals surface area contributed by atoms with Gasteiger partial charge in [0, 0.05) is 5.75 Å². The molecule has 4 aromatic rings. The number of rotatable bonds is 7. The molecule has 36 heavy (non-hydrogen) atoms. The molecular formula is C25H22N4O4S3. The summed E-state index contributed by atoms with van der Waals surface area (Å²) >= 11 is 2.78. The van der Waals surface area contributed by atoms with Crippen LogP contribution in [0.5, 0.6) is 5.75 Å². The molecule has 3 aromatic carbocycles. The van der Waals surface area contributed by atoms with Crippen molar-refractivity contribution >= 4 is 49.8 Å². The summed E-state index contributed by atoms with van der Waals surface area (Å²) in [5, 5.41) is 11.2. The number of carbonyl (C=O) groups is 1. The molecule has 1 unspecified atom stereocenters. The number of amides is 1. The second kappa shape index (κ2) is 10.3. The number of nitrogens with one attached hydrogen (secondary N) is 1. The highest BCUT2D eigenvalue weighted by Gasteiger charge is 2.37. The number of carbonyl (C=O) groups excluding carboxylic acids is 1. The van der Waals surface area contributed by atoms with Crippen molar-refractivity contribution in [1.29, 1.82) is 0 Å². The number of nitrogens with zero attached hydrogens (tertiary/aromatic N) is 3. The van der Waals surface area contributed by atoms with Crippen molar-refractivity contribution in [3.8, 4) is 5.75 Å². The van der Waals surface area contributed by atoms with Gasteiger partial charge in [0.1, 0.15) is 5.75 Å². The Balaban J connectivity index is 1.32. The van der Waals surface area contributed by atoms with Gasteiger partial charge in [-0.25, -0.2) is 8.42 Å². The van der Waals surface area contributed by atoms with Gasteiger partial charge >= 0.3 is 0 Å². The lowest BCUT2D eigenvalue weighted by Crippen LogP contribution is -2.48. The number of aryl methyl sites for hydroxylation is 1. The average molecular weight is 539 g/mol. The molecule has 1 aliphatic rings. The molecule has 5 rings (SSSR count). The van der Waals surface area contributed by atoms with Crippen LogP contribution in [0.2, 0.25) is 0 Å². The van der Waals surface area contributed by atoms with E-state index in [-0.39, 0.29) is 11.4 Å². The molecule has 0 bridgehead atoms. The van der Waals surface area contributed by atoms with Crippen LogP contribution in [0.15, 0.2) is 88.1 Å². The van der Waals surface area contributed by atoms with Crippen LogP contribution in [-0.4, -0.2) is 37.2 Å². The third-order valence-corrected chi connectivity index (χ3v) is 9.32.